The highest BCUT2D eigenvalue weighted by molar-refractivity contribution is 5.97. The van der Waals surface area contributed by atoms with Crippen LogP contribution in [0.3, 0.4) is 0 Å². The molecule has 23 heavy (non-hydrogen) atoms. The van der Waals surface area contributed by atoms with E-state index in [0.29, 0.717) is 0 Å². The number of aliphatic carboxylic acids is 1. The van der Waals surface area contributed by atoms with Gasteiger partial charge in [0, 0.05) is 0 Å². The van der Waals surface area contributed by atoms with E-state index in [-0.39, 0.29) is 12.2 Å². The molecule has 8 heteroatoms. The van der Waals surface area contributed by atoms with Gasteiger partial charge in [0.2, 0.25) is 0 Å². The van der Waals surface area contributed by atoms with Crippen LogP contribution in [0.15, 0.2) is 35.1 Å². The Labute approximate surface area is 131 Å². The second-order valence-corrected chi connectivity index (χ2v) is 4.83. The smallest absolute Gasteiger partial charge is 0.322 e. The van der Waals surface area contributed by atoms with Crippen molar-refractivity contribution in [2.75, 3.05) is 6.54 Å². The van der Waals surface area contributed by atoms with E-state index in [2.05, 4.69) is 10.4 Å². The zero-order chi connectivity index (χ0) is 17.0. The first-order valence-electron chi connectivity index (χ1n) is 6.74. The van der Waals surface area contributed by atoms with Gasteiger partial charge in [0.15, 0.2) is 5.75 Å². The fourth-order valence-electron chi connectivity index (χ4n) is 2.00. The topological polar surface area (TPSA) is 122 Å². The van der Waals surface area contributed by atoms with Gasteiger partial charge in [0.25, 0.3) is 11.5 Å². The summed E-state index contributed by atoms with van der Waals surface area (Å²) in [7, 11) is 0. The number of aromatic nitrogens is 2. The van der Waals surface area contributed by atoms with Crippen LogP contribution in [-0.4, -0.2) is 38.4 Å². The predicted octanol–water partition coefficient (Wildman–Crippen LogP) is 0.120. The van der Waals surface area contributed by atoms with Crippen molar-refractivity contribution in [2.45, 2.75) is 13.5 Å². The van der Waals surface area contributed by atoms with Gasteiger partial charge in [-0.05, 0) is 12.5 Å². The van der Waals surface area contributed by atoms with E-state index in [9.17, 15) is 19.5 Å². The summed E-state index contributed by atoms with van der Waals surface area (Å²) < 4.78 is 1.06. The number of aryl methyl sites for hydroxylation is 1. The number of nitrogens with zero attached hydrogens (tertiary/aromatic N) is 2. The molecule has 0 saturated carbocycles. The second-order valence-electron chi connectivity index (χ2n) is 4.83. The molecule has 0 spiro atoms. The largest absolute Gasteiger partial charge is 0.505 e. The molecule has 0 aliphatic rings. The summed E-state index contributed by atoms with van der Waals surface area (Å²) in [5, 5.41) is 24.5. The molecule has 1 aromatic carbocycles. The lowest BCUT2D eigenvalue weighted by molar-refractivity contribution is -0.135. The highest BCUT2D eigenvalue weighted by Crippen LogP contribution is 2.16. The van der Waals surface area contributed by atoms with Gasteiger partial charge >= 0.3 is 5.97 Å². The Bertz CT molecular complexity index is 799. The number of carboxylic acids is 1. The number of nitrogens with one attached hydrogen (secondary N) is 1. The quantitative estimate of drug-likeness (QED) is 0.720. The molecule has 0 fully saturated rings. The normalized spacial score (nSPS) is 10.3. The molecule has 0 aliphatic carbocycles. The maximum atomic E-state index is 12.4. The van der Waals surface area contributed by atoms with Gasteiger partial charge in [-0.15, -0.1) is 0 Å². The van der Waals surface area contributed by atoms with Crippen LogP contribution in [0, 0.1) is 6.92 Å². The summed E-state index contributed by atoms with van der Waals surface area (Å²) >= 11 is 0. The summed E-state index contributed by atoms with van der Waals surface area (Å²) in [5.74, 6) is -2.77. The molecule has 3 N–H and O–H groups in total. The molecule has 0 radical (unpaired) electrons. The van der Waals surface area contributed by atoms with E-state index in [0.717, 1.165) is 10.2 Å². The van der Waals surface area contributed by atoms with Crippen LogP contribution >= 0.6 is 0 Å². The van der Waals surface area contributed by atoms with Crippen LogP contribution in [0.4, 0.5) is 0 Å². The molecule has 2 rings (SSSR count). The van der Waals surface area contributed by atoms with Crippen molar-refractivity contribution in [3.63, 3.8) is 0 Å². The van der Waals surface area contributed by atoms with Gasteiger partial charge in [-0.25, -0.2) is 4.68 Å². The Hall–Kier alpha value is -3.16. The third-order valence-electron chi connectivity index (χ3n) is 3.10. The molecule has 1 amide bonds. The van der Waals surface area contributed by atoms with E-state index in [1.807, 2.05) is 6.07 Å². The lowest BCUT2D eigenvalue weighted by atomic mass is 10.2. The number of amides is 1. The number of carbonyl (C=O) groups excluding carboxylic acids is 1. The minimum atomic E-state index is -1.26. The van der Waals surface area contributed by atoms with Gasteiger partial charge in [0.1, 0.15) is 17.8 Å². The summed E-state index contributed by atoms with van der Waals surface area (Å²) in [6.07, 6.45) is 0. The first-order valence-corrected chi connectivity index (χ1v) is 6.74. The molecule has 0 atom stereocenters. The molecular weight excluding hydrogens is 302 g/mol. The van der Waals surface area contributed by atoms with Gasteiger partial charge in [-0.2, -0.15) is 5.10 Å². The summed E-state index contributed by atoms with van der Waals surface area (Å²) in [6, 6.07) is 9.01. The summed E-state index contributed by atoms with van der Waals surface area (Å²) in [5.41, 5.74) is -0.417. The van der Waals surface area contributed by atoms with Crippen LogP contribution in [-0.2, 0) is 11.3 Å². The fraction of sp³-hybridized carbons (Fsp3) is 0.200. The van der Waals surface area contributed by atoms with Gasteiger partial charge < -0.3 is 15.5 Å². The molecule has 2 aromatic rings. The zero-order valence-corrected chi connectivity index (χ0v) is 12.3. The number of benzene rings is 1. The van der Waals surface area contributed by atoms with Crippen molar-refractivity contribution >= 4 is 11.9 Å². The first kappa shape index (κ1) is 16.2. The van der Waals surface area contributed by atoms with Gasteiger partial charge in [-0.1, -0.05) is 30.3 Å². The molecule has 0 bridgehead atoms. The standard InChI is InChI=1S/C15H15N3O5/c1-9-13(21)12(14(22)16-7-11(19)20)15(23)18(17-9)8-10-5-3-2-4-6-10/h2-6,21H,7-8H2,1H3,(H,16,22)(H,19,20). The number of hydrogen-bond acceptors (Lipinski definition) is 5. The zero-order valence-electron chi connectivity index (χ0n) is 12.3. The molecule has 0 unspecified atom stereocenters. The number of aromatic hydroxyl groups is 1. The average molecular weight is 317 g/mol. The van der Waals surface area contributed by atoms with Crippen LogP contribution in [0.1, 0.15) is 21.6 Å². The molecule has 0 saturated heterocycles. The highest BCUT2D eigenvalue weighted by atomic mass is 16.4. The maximum Gasteiger partial charge on any atom is 0.322 e. The molecule has 8 nitrogen and oxygen atoms in total. The van der Waals surface area contributed by atoms with Crippen LogP contribution in [0.5, 0.6) is 5.75 Å². The molecule has 120 valence electrons. The monoisotopic (exact) mass is 317 g/mol. The van der Waals surface area contributed by atoms with E-state index < -0.39 is 35.3 Å². The van der Waals surface area contributed by atoms with Crippen molar-refractivity contribution in [1.29, 1.82) is 0 Å². The molecule has 1 aromatic heterocycles. The van der Waals surface area contributed by atoms with Gasteiger partial charge in [0.05, 0.1) is 6.54 Å². The minimum Gasteiger partial charge on any atom is -0.505 e. The Balaban J connectivity index is 2.41. The molecule has 0 aliphatic heterocycles. The van der Waals surface area contributed by atoms with Crippen molar-refractivity contribution in [2.24, 2.45) is 0 Å². The van der Waals surface area contributed by atoms with Crippen molar-refractivity contribution < 1.29 is 19.8 Å². The van der Waals surface area contributed by atoms with E-state index in [4.69, 9.17) is 5.11 Å². The Morgan fingerprint density at radius 2 is 1.91 bits per heavy atom. The van der Waals surface area contributed by atoms with E-state index in [1.54, 1.807) is 24.3 Å². The number of carbonyl (C=O) groups is 2. The predicted molar refractivity (Wildman–Crippen MR) is 80.4 cm³/mol. The number of carboxylic acid groups (broad SMARTS) is 1. The lowest BCUT2D eigenvalue weighted by Crippen LogP contribution is -2.37. The lowest BCUT2D eigenvalue weighted by Gasteiger charge is -2.11. The second kappa shape index (κ2) is 6.73. The Kier molecular flexibility index (Phi) is 4.75. The number of rotatable bonds is 5. The van der Waals surface area contributed by atoms with Crippen LogP contribution < -0.4 is 10.9 Å². The Morgan fingerprint density at radius 1 is 1.26 bits per heavy atom. The average Bonchev–Trinajstić information content (AvgIpc) is 2.52. The maximum absolute atomic E-state index is 12.4. The third kappa shape index (κ3) is 3.73. The van der Waals surface area contributed by atoms with E-state index >= 15 is 0 Å². The van der Waals surface area contributed by atoms with Crippen molar-refractivity contribution in [3.8, 4) is 5.75 Å². The summed E-state index contributed by atoms with van der Waals surface area (Å²) in [4.78, 5) is 34.8. The molecular formula is C15H15N3O5. The third-order valence-corrected chi connectivity index (χ3v) is 3.10. The SMILES string of the molecule is Cc1nn(Cc2ccccc2)c(=O)c(C(=O)NCC(=O)O)c1O. The van der Waals surface area contributed by atoms with Crippen LogP contribution in [0.25, 0.3) is 0 Å². The Morgan fingerprint density at radius 3 is 2.52 bits per heavy atom. The fourth-order valence-corrected chi connectivity index (χ4v) is 2.00. The highest BCUT2D eigenvalue weighted by Gasteiger charge is 2.21. The van der Waals surface area contributed by atoms with Crippen LogP contribution in [0.2, 0.25) is 0 Å². The summed E-state index contributed by atoms with van der Waals surface area (Å²) in [6.45, 7) is 0.919. The first-order chi connectivity index (χ1) is 10.9. The van der Waals surface area contributed by atoms with Crippen molar-refractivity contribution in [3.05, 3.63) is 57.5 Å². The van der Waals surface area contributed by atoms with Crippen molar-refractivity contribution in [1.82, 2.24) is 15.1 Å². The van der Waals surface area contributed by atoms with E-state index in [1.165, 1.54) is 6.92 Å². The number of hydrogen-bond donors (Lipinski definition) is 3. The molecule has 1 heterocycles. The minimum absolute atomic E-state index is 0.0982. The van der Waals surface area contributed by atoms with Gasteiger partial charge in [-0.3, -0.25) is 14.4 Å².